The quantitative estimate of drug-likeness (QED) is 0.612. The molecule has 0 bridgehead atoms. The van der Waals surface area contributed by atoms with Crippen LogP contribution >= 0.6 is 12.1 Å². The van der Waals surface area contributed by atoms with Gasteiger partial charge in [-0.25, -0.2) is 0 Å². The van der Waals surface area contributed by atoms with Crippen LogP contribution in [0.25, 0.3) is 11.1 Å². The third kappa shape index (κ3) is 3.06. The van der Waals surface area contributed by atoms with Crippen molar-refractivity contribution in [1.82, 2.24) is 0 Å². The molecule has 0 aromatic heterocycles. The molecule has 20 heavy (non-hydrogen) atoms. The standard InChI is InChI=1S/C18H21FS/c1-4-18(3,5-2)16-10-6-14(7-11-16)15-8-12-17(20-19)13-9-15/h6-13H,4-5H2,1-3H3. The summed E-state index contributed by atoms with van der Waals surface area (Å²) >= 11 is 0.284. The zero-order valence-corrected chi connectivity index (χ0v) is 13.1. The minimum absolute atomic E-state index is 0.257. The van der Waals surface area contributed by atoms with E-state index in [2.05, 4.69) is 45.0 Å². The molecular weight excluding hydrogens is 267 g/mol. The SMILES string of the molecule is CCC(C)(CC)c1ccc(-c2ccc(SF)cc2)cc1. The number of hydrogen-bond acceptors (Lipinski definition) is 1. The first kappa shape index (κ1) is 15.1. The highest BCUT2D eigenvalue weighted by atomic mass is 32.2. The molecule has 2 heteroatoms. The second-order valence-electron chi connectivity index (χ2n) is 5.45. The van der Waals surface area contributed by atoms with Gasteiger partial charge in [0.2, 0.25) is 0 Å². The Morgan fingerprint density at radius 2 is 1.30 bits per heavy atom. The van der Waals surface area contributed by atoms with Gasteiger partial charge in [-0.3, -0.25) is 0 Å². The Morgan fingerprint density at radius 1 is 0.850 bits per heavy atom. The minimum atomic E-state index is 0.257. The molecule has 0 N–H and O–H groups in total. The van der Waals surface area contributed by atoms with Crippen LogP contribution in [0.2, 0.25) is 0 Å². The van der Waals surface area contributed by atoms with Crippen molar-refractivity contribution in [3.8, 4) is 11.1 Å². The van der Waals surface area contributed by atoms with Crippen LogP contribution in [0, 0.1) is 0 Å². The molecule has 0 radical (unpaired) electrons. The molecule has 0 aliphatic rings. The Morgan fingerprint density at radius 3 is 1.70 bits per heavy atom. The first-order chi connectivity index (χ1) is 9.62. The fourth-order valence-electron chi connectivity index (χ4n) is 2.42. The van der Waals surface area contributed by atoms with Crippen LogP contribution in [0.1, 0.15) is 39.2 Å². The number of rotatable bonds is 5. The summed E-state index contributed by atoms with van der Waals surface area (Å²) in [7, 11) is 0. The lowest BCUT2D eigenvalue weighted by Crippen LogP contribution is -2.19. The van der Waals surface area contributed by atoms with Crippen LogP contribution < -0.4 is 0 Å². The summed E-state index contributed by atoms with van der Waals surface area (Å²) < 4.78 is 12.4. The second-order valence-corrected chi connectivity index (χ2v) is 6.07. The molecule has 2 rings (SSSR count). The van der Waals surface area contributed by atoms with Gasteiger partial charge in [-0.2, -0.15) is 3.89 Å². The van der Waals surface area contributed by atoms with Gasteiger partial charge in [0.1, 0.15) is 0 Å². The van der Waals surface area contributed by atoms with Gasteiger partial charge < -0.3 is 0 Å². The summed E-state index contributed by atoms with van der Waals surface area (Å²) in [4.78, 5) is 0.648. The van der Waals surface area contributed by atoms with Crippen molar-refractivity contribution < 1.29 is 3.89 Å². The largest absolute Gasteiger partial charge is 0.160 e. The normalized spacial score (nSPS) is 11.6. The van der Waals surface area contributed by atoms with Gasteiger partial charge in [-0.1, -0.05) is 57.2 Å². The van der Waals surface area contributed by atoms with Crippen LogP contribution in [0.15, 0.2) is 53.4 Å². The van der Waals surface area contributed by atoms with Gasteiger partial charge in [0, 0.05) is 4.90 Å². The summed E-state index contributed by atoms with van der Waals surface area (Å²) in [6, 6.07) is 16.3. The minimum Gasteiger partial charge on any atom is -0.160 e. The lowest BCUT2D eigenvalue weighted by atomic mass is 9.77. The van der Waals surface area contributed by atoms with E-state index in [0.29, 0.717) is 4.90 Å². The molecule has 0 saturated heterocycles. The van der Waals surface area contributed by atoms with Crippen molar-refractivity contribution in [2.75, 3.05) is 0 Å². The molecular formula is C18H21FS. The Hall–Kier alpha value is -1.28. The van der Waals surface area contributed by atoms with Crippen molar-refractivity contribution in [1.29, 1.82) is 0 Å². The van der Waals surface area contributed by atoms with E-state index in [4.69, 9.17) is 0 Å². The van der Waals surface area contributed by atoms with Crippen molar-refractivity contribution in [3.05, 3.63) is 54.1 Å². The van der Waals surface area contributed by atoms with Gasteiger partial charge in [0.25, 0.3) is 0 Å². The maximum atomic E-state index is 12.4. The van der Waals surface area contributed by atoms with E-state index in [9.17, 15) is 3.89 Å². The monoisotopic (exact) mass is 288 g/mol. The predicted octanol–water partition coefficient (Wildman–Crippen LogP) is 6.41. The summed E-state index contributed by atoms with van der Waals surface area (Å²) in [5.74, 6) is 0. The molecule has 0 aliphatic carbocycles. The fraction of sp³-hybridized carbons (Fsp3) is 0.333. The Kier molecular flexibility index (Phi) is 4.87. The van der Waals surface area contributed by atoms with Crippen molar-refractivity contribution in [2.45, 2.75) is 43.9 Å². The molecule has 2 aromatic carbocycles. The van der Waals surface area contributed by atoms with E-state index in [1.165, 1.54) is 11.1 Å². The van der Waals surface area contributed by atoms with Gasteiger partial charge >= 0.3 is 0 Å². The van der Waals surface area contributed by atoms with Gasteiger partial charge in [-0.15, -0.1) is 0 Å². The molecule has 0 fully saturated rings. The number of hydrogen-bond donors (Lipinski definition) is 0. The molecule has 0 nitrogen and oxygen atoms in total. The van der Waals surface area contributed by atoms with E-state index < -0.39 is 0 Å². The molecule has 0 saturated carbocycles. The van der Waals surface area contributed by atoms with Gasteiger partial charge in [0.15, 0.2) is 0 Å². The third-order valence-corrected chi connectivity index (χ3v) is 4.87. The molecule has 0 unspecified atom stereocenters. The van der Waals surface area contributed by atoms with E-state index >= 15 is 0 Å². The summed E-state index contributed by atoms with van der Waals surface area (Å²) in [6.07, 6.45) is 2.29. The van der Waals surface area contributed by atoms with Crippen molar-refractivity contribution >= 4 is 12.1 Å². The molecule has 0 aliphatic heterocycles. The highest BCUT2D eigenvalue weighted by Crippen LogP contribution is 2.32. The number of halogens is 1. The molecule has 0 atom stereocenters. The van der Waals surface area contributed by atoms with Crippen LogP contribution in [0.5, 0.6) is 0 Å². The zero-order valence-electron chi connectivity index (χ0n) is 12.3. The molecule has 2 aromatic rings. The molecule has 106 valence electrons. The van der Waals surface area contributed by atoms with Crippen LogP contribution in [-0.4, -0.2) is 0 Å². The van der Waals surface area contributed by atoms with Gasteiger partial charge in [0.05, 0.1) is 12.1 Å². The Balaban J connectivity index is 2.27. The van der Waals surface area contributed by atoms with Crippen LogP contribution in [0.4, 0.5) is 3.89 Å². The highest BCUT2D eigenvalue weighted by Gasteiger charge is 2.21. The Bertz CT molecular complexity index is 539. The molecule has 0 spiro atoms. The molecule has 0 heterocycles. The topological polar surface area (TPSA) is 0 Å². The number of benzene rings is 2. The van der Waals surface area contributed by atoms with Crippen LogP contribution in [0.3, 0.4) is 0 Å². The van der Waals surface area contributed by atoms with E-state index in [0.717, 1.165) is 18.4 Å². The maximum Gasteiger partial charge on any atom is 0.0812 e. The highest BCUT2D eigenvalue weighted by molar-refractivity contribution is 7.94. The van der Waals surface area contributed by atoms with Crippen molar-refractivity contribution in [2.24, 2.45) is 0 Å². The molecule has 0 amide bonds. The summed E-state index contributed by atoms with van der Waals surface area (Å²) in [5.41, 5.74) is 3.96. The third-order valence-electron chi connectivity index (χ3n) is 4.42. The Labute approximate surface area is 125 Å². The zero-order chi connectivity index (χ0) is 14.6. The maximum absolute atomic E-state index is 12.4. The van der Waals surface area contributed by atoms with E-state index in [1.807, 2.05) is 24.3 Å². The van der Waals surface area contributed by atoms with Crippen LogP contribution in [-0.2, 0) is 5.41 Å². The van der Waals surface area contributed by atoms with Gasteiger partial charge in [-0.05, 0) is 47.1 Å². The summed E-state index contributed by atoms with van der Waals surface area (Å²) in [6.45, 7) is 6.80. The lowest BCUT2D eigenvalue weighted by molar-refractivity contribution is 0.439. The first-order valence-corrected chi connectivity index (χ1v) is 7.84. The first-order valence-electron chi connectivity index (χ1n) is 7.12. The average Bonchev–Trinajstić information content (AvgIpc) is 2.54. The van der Waals surface area contributed by atoms with Crippen molar-refractivity contribution in [3.63, 3.8) is 0 Å². The van der Waals surface area contributed by atoms with E-state index in [-0.39, 0.29) is 17.6 Å². The van der Waals surface area contributed by atoms with E-state index in [1.54, 1.807) is 0 Å². The lowest BCUT2D eigenvalue weighted by Gasteiger charge is -2.27. The smallest absolute Gasteiger partial charge is 0.0812 e. The fourth-order valence-corrected chi connectivity index (χ4v) is 2.66. The second kappa shape index (κ2) is 6.45. The average molecular weight is 288 g/mol. The summed E-state index contributed by atoms with van der Waals surface area (Å²) in [5, 5.41) is 0. The predicted molar refractivity (Wildman–Crippen MR) is 86.8 cm³/mol.